The zero-order chi connectivity index (χ0) is 17.4. The number of likely N-dealkylation sites (N-methyl/N-ethyl adjacent to an activating group) is 1. The van der Waals surface area contributed by atoms with E-state index in [0.29, 0.717) is 32.7 Å². The molecule has 0 spiro atoms. The summed E-state index contributed by atoms with van der Waals surface area (Å²) in [5.74, 6) is -0.0306. The van der Waals surface area contributed by atoms with Crippen molar-refractivity contribution in [1.29, 1.82) is 0 Å². The van der Waals surface area contributed by atoms with E-state index < -0.39 is 11.8 Å². The highest BCUT2D eigenvalue weighted by Gasteiger charge is 2.26. The van der Waals surface area contributed by atoms with E-state index in [-0.39, 0.29) is 0 Å². The molecular weight excluding hydrogens is 306 g/mol. The standard InChI is InChI=1S/C17H27N5O2/c1-3-20(4-2)10-9-19-16(23)17(24)22-13-11-21(12-14-22)15-7-5-6-8-18-15/h5-8H,3-4,9-14H2,1-2H3,(H,19,23). The molecule has 1 aliphatic heterocycles. The third-order valence-corrected chi connectivity index (χ3v) is 4.34. The molecule has 7 nitrogen and oxygen atoms in total. The van der Waals surface area contributed by atoms with Gasteiger partial charge in [-0.25, -0.2) is 4.98 Å². The molecule has 1 aromatic rings. The van der Waals surface area contributed by atoms with Crippen molar-refractivity contribution in [2.75, 3.05) is 57.3 Å². The van der Waals surface area contributed by atoms with Gasteiger partial charge in [-0.05, 0) is 25.2 Å². The predicted molar refractivity (Wildman–Crippen MR) is 93.8 cm³/mol. The van der Waals surface area contributed by atoms with Crippen molar-refractivity contribution >= 4 is 17.6 Å². The SMILES string of the molecule is CCN(CC)CCNC(=O)C(=O)N1CCN(c2ccccn2)CC1. The Morgan fingerprint density at radius 2 is 1.88 bits per heavy atom. The smallest absolute Gasteiger partial charge is 0.312 e. The average molecular weight is 333 g/mol. The summed E-state index contributed by atoms with van der Waals surface area (Å²) in [6.07, 6.45) is 1.76. The molecule has 132 valence electrons. The summed E-state index contributed by atoms with van der Waals surface area (Å²) in [5, 5.41) is 2.72. The second kappa shape index (κ2) is 9.22. The molecular formula is C17H27N5O2. The lowest BCUT2D eigenvalue weighted by atomic mass is 10.3. The lowest BCUT2D eigenvalue weighted by Gasteiger charge is -2.35. The highest BCUT2D eigenvalue weighted by molar-refractivity contribution is 6.35. The number of hydrogen-bond acceptors (Lipinski definition) is 5. The van der Waals surface area contributed by atoms with Crippen LogP contribution in [0.3, 0.4) is 0 Å². The van der Waals surface area contributed by atoms with Crippen LogP contribution >= 0.6 is 0 Å². The normalized spacial score (nSPS) is 14.8. The molecule has 1 aliphatic rings. The molecule has 0 aromatic carbocycles. The minimum absolute atomic E-state index is 0.435. The summed E-state index contributed by atoms with van der Waals surface area (Å²) in [6.45, 7) is 9.77. The molecule has 2 heterocycles. The molecule has 0 aliphatic carbocycles. The number of carbonyl (C=O) groups is 2. The fraction of sp³-hybridized carbons (Fsp3) is 0.588. The molecule has 1 fully saturated rings. The molecule has 2 amide bonds. The lowest BCUT2D eigenvalue weighted by molar-refractivity contribution is -0.146. The van der Waals surface area contributed by atoms with Crippen LogP contribution in [-0.4, -0.2) is 79.0 Å². The Balaban J connectivity index is 1.75. The Kier molecular flexibility index (Phi) is 6.99. The monoisotopic (exact) mass is 333 g/mol. The number of hydrogen-bond donors (Lipinski definition) is 1. The fourth-order valence-corrected chi connectivity index (χ4v) is 2.77. The highest BCUT2D eigenvalue weighted by Crippen LogP contribution is 2.12. The summed E-state index contributed by atoms with van der Waals surface area (Å²) in [6, 6.07) is 5.78. The maximum atomic E-state index is 12.2. The molecule has 0 saturated carbocycles. The molecule has 0 bridgehead atoms. The lowest BCUT2D eigenvalue weighted by Crippen LogP contribution is -2.53. The first-order valence-electron chi connectivity index (χ1n) is 8.61. The summed E-state index contributed by atoms with van der Waals surface area (Å²) in [7, 11) is 0. The number of rotatable bonds is 6. The molecule has 1 aromatic heterocycles. The van der Waals surface area contributed by atoms with Gasteiger partial charge in [-0.3, -0.25) is 9.59 Å². The van der Waals surface area contributed by atoms with Gasteiger partial charge in [0.25, 0.3) is 0 Å². The van der Waals surface area contributed by atoms with Crippen LogP contribution in [-0.2, 0) is 9.59 Å². The van der Waals surface area contributed by atoms with Crippen LogP contribution in [0.5, 0.6) is 0 Å². The Bertz CT molecular complexity index is 525. The van der Waals surface area contributed by atoms with Gasteiger partial charge in [0, 0.05) is 45.5 Å². The van der Waals surface area contributed by atoms with Crippen LogP contribution in [0.4, 0.5) is 5.82 Å². The van der Waals surface area contributed by atoms with Gasteiger partial charge >= 0.3 is 11.8 Å². The van der Waals surface area contributed by atoms with Gasteiger partial charge in [-0.2, -0.15) is 0 Å². The van der Waals surface area contributed by atoms with E-state index in [1.165, 1.54) is 0 Å². The summed E-state index contributed by atoms with van der Waals surface area (Å²) < 4.78 is 0. The Hall–Kier alpha value is -2.15. The van der Waals surface area contributed by atoms with Crippen LogP contribution in [0.2, 0.25) is 0 Å². The van der Waals surface area contributed by atoms with Gasteiger partial charge < -0.3 is 20.0 Å². The van der Waals surface area contributed by atoms with E-state index in [9.17, 15) is 9.59 Å². The molecule has 0 atom stereocenters. The van der Waals surface area contributed by atoms with E-state index in [1.807, 2.05) is 18.2 Å². The van der Waals surface area contributed by atoms with Gasteiger partial charge in [0.2, 0.25) is 0 Å². The maximum Gasteiger partial charge on any atom is 0.312 e. The second-order valence-electron chi connectivity index (χ2n) is 5.75. The number of amides is 2. The molecule has 2 rings (SSSR count). The van der Waals surface area contributed by atoms with E-state index in [1.54, 1.807) is 11.1 Å². The van der Waals surface area contributed by atoms with E-state index in [2.05, 4.69) is 33.9 Å². The van der Waals surface area contributed by atoms with Gasteiger partial charge in [0.05, 0.1) is 0 Å². The van der Waals surface area contributed by atoms with Crippen molar-refractivity contribution in [1.82, 2.24) is 20.1 Å². The zero-order valence-corrected chi connectivity index (χ0v) is 14.6. The van der Waals surface area contributed by atoms with Crippen molar-refractivity contribution in [2.24, 2.45) is 0 Å². The Labute approximate surface area is 143 Å². The average Bonchev–Trinajstić information content (AvgIpc) is 2.65. The number of anilines is 1. The Morgan fingerprint density at radius 1 is 1.17 bits per heavy atom. The van der Waals surface area contributed by atoms with Crippen molar-refractivity contribution in [3.63, 3.8) is 0 Å². The fourth-order valence-electron chi connectivity index (χ4n) is 2.77. The number of piperazine rings is 1. The Morgan fingerprint density at radius 3 is 2.46 bits per heavy atom. The van der Waals surface area contributed by atoms with Crippen molar-refractivity contribution in [3.05, 3.63) is 24.4 Å². The van der Waals surface area contributed by atoms with Crippen LogP contribution in [0.15, 0.2) is 24.4 Å². The largest absolute Gasteiger partial charge is 0.353 e. The molecule has 24 heavy (non-hydrogen) atoms. The minimum atomic E-state index is -0.506. The van der Waals surface area contributed by atoms with Crippen molar-refractivity contribution < 1.29 is 9.59 Å². The quantitative estimate of drug-likeness (QED) is 0.753. The second-order valence-corrected chi connectivity index (χ2v) is 5.75. The predicted octanol–water partition coefficient (Wildman–Crippen LogP) is 0.188. The minimum Gasteiger partial charge on any atom is -0.353 e. The number of nitrogens with zero attached hydrogens (tertiary/aromatic N) is 4. The summed E-state index contributed by atoms with van der Waals surface area (Å²) in [4.78, 5) is 34.5. The first-order chi connectivity index (χ1) is 11.7. The molecule has 7 heteroatoms. The van der Waals surface area contributed by atoms with Crippen molar-refractivity contribution in [2.45, 2.75) is 13.8 Å². The first-order valence-corrected chi connectivity index (χ1v) is 8.61. The first kappa shape index (κ1) is 18.2. The molecule has 0 unspecified atom stereocenters. The molecule has 0 radical (unpaired) electrons. The number of pyridine rings is 1. The summed E-state index contributed by atoms with van der Waals surface area (Å²) >= 11 is 0. The van der Waals surface area contributed by atoms with E-state index in [0.717, 1.165) is 25.5 Å². The topological polar surface area (TPSA) is 68.8 Å². The highest BCUT2D eigenvalue weighted by atomic mass is 16.2. The van der Waals surface area contributed by atoms with Crippen LogP contribution < -0.4 is 10.2 Å². The van der Waals surface area contributed by atoms with E-state index in [4.69, 9.17) is 0 Å². The number of nitrogens with one attached hydrogen (secondary N) is 1. The van der Waals surface area contributed by atoms with Gasteiger partial charge in [0.1, 0.15) is 5.82 Å². The van der Waals surface area contributed by atoms with Crippen molar-refractivity contribution in [3.8, 4) is 0 Å². The van der Waals surface area contributed by atoms with Crippen LogP contribution in [0.25, 0.3) is 0 Å². The summed E-state index contributed by atoms with van der Waals surface area (Å²) in [5.41, 5.74) is 0. The van der Waals surface area contributed by atoms with Gasteiger partial charge in [0.15, 0.2) is 0 Å². The third kappa shape index (κ3) is 4.92. The van der Waals surface area contributed by atoms with Gasteiger partial charge in [-0.15, -0.1) is 0 Å². The van der Waals surface area contributed by atoms with E-state index >= 15 is 0 Å². The maximum absolute atomic E-state index is 12.2. The number of carbonyl (C=O) groups excluding carboxylic acids is 2. The third-order valence-electron chi connectivity index (χ3n) is 4.34. The molecule has 1 N–H and O–H groups in total. The number of aromatic nitrogens is 1. The molecule has 1 saturated heterocycles. The van der Waals surface area contributed by atoms with Crippen LogP contribution in [0.1, 0.15) is 13.8 Å². The van der Waals surface area contributed by atoms with Crippen LogP contribution in [0, 0.1) is 0 Å². The zero-order valence-electron chi connectivity index (χ0n) is 14.6. The van der Waals surface area contributed by atoms with Gasteiger partial charge in [-0.1, -0.05) is 19.9 Å².